The van der Waals surface area contributed by atoms with Gasteiger partial charge >= 0.3 is 0 Å². The van der Waals surface area contributed by atoms with Crippen LogP contribution in [0.5, 0.6) is 0 Å². The van der Waals surface area contributed by atoms with Gasteiger partial charge in [0.05, 0.1) is 19.6 Å². The third kappa shape index (κ3) is 8.50. The van der Waals surface area contributed by atoms with Crippen molar-refractivity contribution in [1.82, 2.24) is 20.4 Å². The Labute approximate surface area is 190 Å². The van der Waals surface area contributed by atoms with Crippen LogP contribution in [0.1, 0.15) is 25.7 Å². The maximum atomic E-state index is 13.5. The van der Waals surface area contributed by atoms with Gasteiger partial charge in [0, 0.05) is 58.7 Å². The topological polar surface area (TPSA) is 63.1 Å². The molecule has 6 nitrogen and oxygen atoms in total. The first kappa shape index (κ1) is 26.8. The lowest BCUT2D eigenvalue weighted by Gasteiger charge is -2.54. The average Bonchev–Trinajstić information content (AvgIpc) is 2.77. The van der Waals surface area contributed by atoms with E-state index in [1.165, 1.54) is 0 Å². The molecular weight excluding hydrogens is 419 g/mol. The molecule has 0 aromatic heterocycles. The van der Waals surface area contributed by atoms with E-state index in [-0.39, 0.29) is 19.1 Å². The van der Waals surface area contributed by atoms with Gasteiger partial charge in [-0.2, -0.15) is 0 Å². The van der Waals surface area contributed by atoms with Crippen LogP contribution < -0.4 is 10.6 Å². The largest absolute Gasteiger partial charge is 0.381 e. The third-order valence-corrected chi connectivity index (χ3v) is 6.44. The molecule has 2 saturated heterocycles. The Morgan fingerprint density at radius 3 is 2.53 bits per heavy atom. The zero-order valence-corrected chi connectivity index (χ0v) is 19.5. The Balaban J connectivity index is 2.06. The molecule has 1 atom stereocenters. The highest BCUT2D eigenvalue weighted by atomic mass is 19.3. The van der Waals surface area contributed by atoms with Gasteiger partial charge in [0.25, 0.3) is 5.92 Å². The lowest BCUT2D eigenvalue weighted by atomic mass is 9.71. The van der Waals surface area contributed by atoms with Crippen molar-refractivity contribution in [1.29, 1.82) is 0 Å². The number of nitrogens with one attached hydrogen (secondary N) is 2. The fourth-order valence-corrected chi connectivity index (χ4v) is 4.54. The Morgan fingerprint density at radius 1 is 1.22 bits per heavy atom. The van der Waals surface area contributed by atoms with E-state index in [1.54, 1.807) is 13.4 Å². The summed E-state index contributed by atoms with van der Waals surface area (Å²) in [5, 5.41) is 15.3. The summed E-state index contributed by atoms with van der Waals surface area (Å²) in [5.74, 6) is -3.27. The summed E-state index contributed by atoms with van der Waals surface area (Å²) in [6.45, 7) is 4.24. The van der Waals surface area contributed by atoms with Crippen molar-refractivity contribution in [3.8, 4) is 0 Å². The van der Waals surface area contributed by atoms with Gasteiger partial charge in [-0.25, -0.2) is 13.2 Å². The zero-order valence-electron chi connectivity index (χ0n) is 19.5. The van der Waals surface area contributed by atoms with Gasteiger partial charge in [-0.05, 0) is 31.7 Å². The summed E-state index contributed by atoms with van der Waals surface area (Å²) in [7, 11) is 3.66. The van der Waals surface area contributed by atoms with E-state index < -0.39 is 19.0 Å². The van der Waals surface area contributed by atoms with Crippen LogP contribution in [0, 0.1) is 11.3 Å². The maximum absolute atomic E-state index is 13.5. The van der Waals surface area contributed by atoms with E-state index in [2.05, 4.69) is 31.5 Å². The molecule has 0 aromatic carbocycles. The van der Waals surface area contributed by atoms with Gasteiger partial charge in [0.1, 0.15) is 0 Å². The van der Waals surface area contributed by atoms with Gasteiger partial charge in [-0.15, -0.1) is 0 Å². The number of alkyl halides is 3. The maximum Gasteiger partial charge on any atom is 0.276 e. The molecule has 9 heteroatoms. The van der Waals surface area contributed by atoms with E-state index in [0.717, 1.165) is 44.6 Å². The Hall–Kier alpha value is -1.42. The van der Waals surface area contributed by atoms with Crippen molar-refractivity contribution in [3.63, 3.8) is 0 Å². The first-order valence-corrected chi connectivity index (χ1v) is 11.5. The fourth-order valence-electron chi connectivity index (χ4n) is 4.54. The van der Waals surface area contributed by atoms with Gasteiger partial charge in [0.2, 0.25) is 0 Å². The van der Waals surface area contributed by atoms with Gasteiger partial charge < -0.3 is 15.7 Å². The van der Waals surface area contributed by atoms with Crippen LogP contribution in [-0.4, -0.2) is 100 Å². The van der Waals surface area contributed by atoms with Crippen LogP contribution in [0.2, 0.25) is 0 Å². The minimum atomic E-state index is -3.27. The molecule has 2 aliphatic heterocycles. The molecule has 0 radical (unpaired) electrons. The first-order valence-electron chi connectivity index (χ1n) is 11.5. The number of nitrogens with zero attached hydrogens (tertiary/aromatic N) is 3. The van der Waals surface area contributed by atoms with Crippen LogP contribution in [0.25, 0.3) is 0 Å². The van der Waals surface area contributed by atoms with E-state index in [9.17, 15) is 18.3 Å². The van der Waals surface area contributed by atoms with E-state index in [4.69, 9.17) is 0 Å². The highest BCUT2D eigenvalue weighted by molar-refractivity contribution is 5.53. The number of allylic oxidation sites excluding steroid dienone is 1. The number of hydrogen-bond acceptors (Lipinski definition) is 5. The minimum Gasteiger partial charge on any atom is -0.381 e. The predicted octanol–water partition coefficient (Wildman–Crippen LogP) is 2.28. The number of likely N-dealkylation sites (tertiary alicyclic amines) is 2. The number of aliphatic hydroxyl groups is 1. The monoisotopic (exact) mass is 459 g/mol. The highest BCUT2D eigenvalue weighted by Crippen LogP contribution is 2.41. The van der Waals surface area contributed by atoms with Crippen molar-refractivity contribution < 1.29 is 18.3 Å². The van der Waals surface area contributed by atoms with Crippen LogP contribution in [0.4, 0.5) is 13.2 Å². The summed E-state index contributed by atoms with van der Waals surface area (Å²) >= 11 is 0. The minimum absolute atomic E-state index is 0.000245. The summed E-state index contributed by atoms with van der Waals surface area (Å²) < 4.78 is 39.5. The lowest BCUT2D eigenvalue weighted by Crippen LogP contribution is -2.60. The molecule has 32 heavy (non-hydrogen) atoms. The molecule has 0 aliphatic carbocycles. The van der Waals surface area contributed by atoms with Crippen molar-refractivity contribution >= 4 is 6.34 Å². The number of rotatable bonds is 14. The molecule has 0 bridgehead atoms. The second kappa shape index (κ2) is 13.3. The standard InChI is InChI=1S/C23H40F3N5O/c1-27-10-4-6-20(13-29-18-28-2)21(5-3-7-23(25,26)15-24)14-31-16-22(17-31)8-11-30(19-32)12-9-22/h4-6,18,20,27,32H,3,7-17,19H2,1-2H3,(H,28,29)/b6-4-,21-5-. The van der Waals surface area contributed by atoms with Crippen molar-refractivity contribution in [2.24, 2.45) is 16.3 Å². The van der Waals surface area contributed by atoms with Crippen molar-refractivity contribution in [2.45, 2.75) is 31.6 Å². The van der Waals surface area contributed by atoms with E-state index in [0.29, 0.717) is 25.0 Å². The van der Waals surface area contributed by atoms with Crippen LogP contribution in [0.3, 0.4) is 0 Å². The van der Waals surface area contributed by atoms with E-state index >= 15 is 0 Å². The number of likely N-dealkylation sites (N-methyl/N-ethyl adjacent to an activating group) is 1. The molecule has 0 aromatic rings. The number of aliphatic imine (C=N–C) groups is 1. The molecular formula is C23H40F3N5O. The second-order valence-electron chi connectivity index (χ2n) is 9.09. The summed E-state index contributed by atoms with van der Waals surface area (Å²) in [6.07, 6.45) is 9.42. The van der Waals surface area contributed by atoms with Crippen LogP contribution >= 0.6 is 0 Å². The number of piperidine rings is 1. The zero-order chi connectivity index (χ0) is 23.5. The quantitative estimate of drug-likeness (QED) is 0.211. The molecule has 3 N–H and O–H groups in total. The smallest absolute Gasteiger partial charge is 0.276 e. The lowest BCUT2D eigenvalue weighted by molar-refractivity contribution is -0.0559. The van der Waals surface area contributed by atoms with Gasteiger partial charge in [-0.3, -0.25) is 14.8 Å². The SMILES string of the molecule is CN/C=N\CC(/C=C\CNC)/C(=C\CCC(F)(F)CF)CN1CC2(CCN(CO)CC2)C1. The molecule has 2 aliphatic rings. The Kier molecular flexibility index (Phi) is 11.2. The number of halogens is 3. The molecule has 2 fully saturated rings. The number of hydrogen-bond donors (Lipinski definition) is 3. The summed E-state index contributed by atoms with van der Waals surface area (Å²) in [4.78, 5) is 8.84. The summed E-state index contributed by atoms with van der Waals surface area (Å²) in [6, 6.07) is 0. The molecule has 184 valence electrons. The molecule has 1 unspecified atom stereocenters. The van der Waals surface area contributed by atoms with E-state index in [1.807, 2.05) is 19.2 Å². The molecule has 0 amide bonds. The fraction of sp³-hybridized carbons (Fsp3) is 0.783. The normalized spacial score (nSPS) is 21.5. The Morgan fingerprint density at radius 2 is 1.94 bits per heavy atom. The van der Waals surface area contributed by atoms with Crippen molar-refractivity contribution in [3.05, 3.63) is 23.8 Å². The van der Waals surface area contributed by atoms with Gasteiger partial charge in [-0.1, -0.05) is 23.8 Å². The molecule has 2 rings (SSSR count). The van der Waals surface area contributed by atoms with Crippen molar-refractivity contribution in [2.75, 3.05) is 73.3 Å². The van der Waals surface area contributed by atoms with Crippen LogP contribution in [0.15, 0.2) is 28.8 Å². The molecule has 2 heterocycles. The highest BCUT2D eigenvalue weighted by Gasteiger charge is 2.44. The Bertz CT molecular complexity index is 625. The second-order valence-corrected chi connectivity index (χ2v) is 9.09. The molecule has 1 spiro atoms. The van der Waals surface area contributed by atoms with Crippen LogP contribution in [-0.2, 0) is 0 Å². The number of aliphatic hydroxyl groups excluding tert-OH is 1. The predicted molar refractivity (Wildman–Crippen MR) is 124 cm³/mol. The van der Waals surface area contributed by atoms with Gasteiger partial charge in [0.15, 0.2) is 6.67 Å². The average molecular weight is 460 g/mol. The summed E-state index contributed by atoms with van der Waals surface area (Å²) in [5.41, 5.74) is 1.36. The first-order chi connectivity index (χ1) is 15.4. The molecule has 0 saturated carbocycles. The third-order valence-electron chi connectivity index (χ3n) is 6.44.